The first-order chi connectivity index (χ1) is 12.8. The summed E-state index contributed by atoms with van der Waals surface area (Å²) in [6, 6.07) is 8.59. The molecule has 6 rings (SSSR count). The Morgan fingerprint density at radius 3 is 2.85 bits per heavy atom. The van der Waals surface area contributed by atoms with E-state index in [0.717, 1.165) is 37.8 Å². The average Bonchev–Trinajstić information content (AvgIpc) is 3.22. The maximum atomic E-state index is 8.36. The van der Waals surface area contributed by atoms with Crippen molar-refractivity contribution < 1.29 is 14.4 Å². The highest BCUT2D eigenvalue weighted by atomic mass is 16.5. The molecule has 134 valence electrons. The number of aromatic nitrogens is 3. The van der Waals surface area contributed by atoms with Gasteiger partial charge in [0, 0.05) is 29.1 Å². The largest absolute Gasteiger partial charge is 0.483 e. The Hall–Kier alpha value is -2.67. The number of carboxylic acid groups (broad SMARTS) is 1. The van der Waals surface area contributed by atoms with E-state index in [9.17, 15) is 0 Å². The van der Waals surface area contributed by atoms with E-state index < -0.39 is 0 Å². The molecule has 1 unspecified atom stereocenters. The third-order valence-electron chi connectivity index (χ3n) is 5.92. The molecule has 7 nitrogen and oxygen atoms in total. The van der Waals surface area contributed by atoms with Gasteiger partial charge < -0.3 is 19.5 Å². The zero-order chi connectivity index (χ0) is 17.7. The van der Waals surface area contributed by atoms with Crippen LogP contribution in [-0.4, -0.2) is 39.4 Å². The van der Waals surface area contributed by atoms with Crippen molar-refractivity contribution in [3.05, 3.63) is 35.9 Å². The summed E-state index contributed by atoms with van der Waals surface area (Å²) in [5.74, 6) is 3.53. The van der Waals surface area contributed by atoms with Crippen LogP contribution < -0.4 is 5.32 Å². The molecule has 3 aliphatic rings. The highest BCUT2D eigenvalue weighted by molar-refractivity contribution is 5.96. The molecule has 2 N–H and O–H groups in total. The van der Waals surface area contributed by atoms with E-state index in [1.54, 1.807) is 0 Å². The van der Waals surface area contributed by atoms with Gasteiger partial charge >= 0.3 is 0 Å². The number of nitrogens with one attached hydrogen (secondary N) is 1. The highest BCUT2D eigenvalue weighted by Gasteiger charge is 2.56. The standard InChI is InChI=1S/C18H18N4O.CH2O2/c1-2-5-13-10(4-1)16(14-6-3-7-22(13)14)17-20-18(23-21-17)15-11-8-19-9-12(11)15;2-1-3/h1-2,4-5,11-12,15,19H,3,6-9H2;1H,(H,2,3)/t11-,12+,15?;. The quantitative estimate of drug-likeness (QED) is 0.687. The number of hydrogen-bond donors (Lipinski definition) is 2. The predicted molar refractivity (Wildman–Crippen MR) is 94.8 cm³/mol. The summed E-state index contributed by atoms with van der Waals surface area (Å²) in [5.41, 5.74) is 3.86. The molecular weight excluding hydrogens is 332 g/mol. The molecule has 1 saturated carbocycles. The van der Waals surface area contributed by atoms with Crippen molar-refractivity contribution in [2.24, 2.45) is 11.8 Å². The number of rotatable bonds is 2. The third-order valence-corrected chi connectivity index (χ3v) is 5.92. The molecule has 0 spiro atoms. The lowest BCUT2D eigenvalue weighted by atomic mass is 10.1. The smallest absolute Gasteiger partial charge is 0.290 e. The van der Waals surface area contributed by atoms with Gasteiger partial charge in [0.25, 0.3) is 6.47 Å². The summed E-state index contributed by atoms with van der Waals surface area (Å²) in [4.78, 5) is 13.2. The molecule has 7 heteroatoms. The van der Waals surface area contributed by atoms with Gasteiger partial charge in [-0.3, -0.25) is 4.79 Å². The Labute approximate surface area is 150 Å². The number of piperidine rings is 1. The van der Waals surface area contributed by atoms with Crippen molar-refractivity contribution in [3.63, 3.8) is 0 Å². The van der Waals surface area contributed by atoms with Crippen LogP contribution in [0.4, 0.5) is 0 Å². The minimum atomic E-state index is -0.250. The molecular formula is C19H20N4O3. The van der Waals surface area contributed by atoms with Gasteiger partial charge in [0.15, 0.2) is 0 Å². The minimum Gasteiger partial charge on any atom is -0.483 e. The Balaban J connectivity index is 0.000000471. The van der Waals surface area contributed by atoms with Crippen LogP contribution in [0, 0.1) is 11.8 Å². The summed E-state index contributed by atoms with van der Waals surface area (Å²) >= 11 is 0. The number of hydrogen-bond acceptors (Lipinski definition) is 5. The number of aryl methyl sites for hydroxylation is 1. The molecule has 26 heavy (non-hydrogen) atoms. The molecule has 0 radical (unpaired) electrons. The van der Waals surface area contributed by atoms with Crippen molar-refractivity contribution in [2.75, 3.05) is 13.1 Å². The molecule has 0 bridgehead atoms. The normalized spacial score (nSPS) is 25.5. The lowest BCUT2D eigenvalue weighted by Crippen LogP contribution is -2.14. The molecule has 2 aromatic heterocycles. The summed E-state index contributed by atoms with van der Waals surface area (Å²) < 4.78 is 8.09. The van der Waals surface area contributed by atoms with E-state index in [0.29, 0.717) is 17.8 Å². The number of para-hydroxylation sites is 1. The van der Waals surface area contributed by atoms with E-state index in [4.69, 9.17) is 19.4 Å². The first-order valence-electron chi connectivity index (χ1n) is 9.06. The fraction of sp³-hybridized carbons (Fsp3) is 0.421. The Kier molecular flexibility index (Phi) is 3.56. The summed E-state index contributed by atoms with van der Waals surface area (Å²) in [6.07, 6.45) is 2.31. The summed E-state index contributed by atoms with van der Waals surface area (Å²) in [7, 11) is 0. The van der Waals surface area contributed by atoms with Crippen LogP contribution in [0.25, 0.3) is 22.3 Å². The molecule has 1 aromatic carbocycles. The van der Waals surface area contributed by atoms with Gasteiger partial charge in [-0.05, 0) is 43.8 Å². The Morgan fingerprint density at radius 2 is 2.04 bits per heavy atom. The van der Waals surface area contributed by atoms with Crippen molar-refractivity contribution in [1.29, 1.82) is 0 Å². The number of fused-ring (bicyclic) bond motifs is 4. The number of nitrogens with zero attached hydrogens (tertiary/aromatic N) is 3. The fourth-order valence-electron chi connectivity index (χ4n) is 4.78. The van der Waals surface area contributed by atoms with Gasteiger partial charge in [-0.25, -0.2) is 0 Å². The molecule has 3 aromatic rings. The van der Waals surface area contributed by atoms with E-state index in [1.807, 2.05) is 0 Å². The van der Waals surface area contributed by atoms with Gasteiger partial charge in [-0.1, -0.05) is 23.4 Å². The van der Waals surface area contributed by atoms with Crippen LogP contribution in [0.15, 0.2) is 28.8 Å². The van der Waals surface area contributed by atoms with Crippen molar-refractivity contribution in [3.8, 4) is 11.4 Å². The topological polar surface area (TPSA) is 93.2 Å². The molecule has 0 amide bonds. The first kappa shape index (κ1) is 15.6. The van der Waals surface area contributed by atoms with Crippen molar-refractivity contribution in [1.82, 2.24) is 20.0 Å². The second kappa shape index (κ2) is 5.95. The second-order valence-electron chi connectivity index (χ2n) is 7.17. The van der Waals surface area contributed by atoms with Gasteiger partial charge in [-0.2, -0.15) is 4.98 Å². The Morgan fingerprint density at radius 1 is 1.27 bits per heavy atom. The van der Waals surface area contributed by atoms with Gasteiger partial charge in [0.1, 0.15) is 0 Å². The van der Waals surface area contributed by atoms with E-state index >= 15 is 0 Å². The van der Waals surface area contributed by atoms with Gasteiger partial charge in [-0.15, -0.1) is 0 Å². The molecule has 4 heterocycles. The van der Waals surface area contributed by atoms with Crippen molar-refractivity contribution >= 4 is 17.4 Å². The van der Waals surface area contributed by atoms with Gasteiger partial charge in [0.05, 0.1) is 5.56 Å². The molecule has 1 aliphatic carbocycles. The molecule has 2 aliphatic heterocycles. The van der Waals surface area contributed by atoms with E-state index in [2.05, 4.69) is 39.3 Å². The Bertz CT molecular complexity index is 966. The summed E-state index contributed by atoms with van der Waals surface area (Å²) in [5, 5.41) is 15.9. The number of carbonyl (C=O) groups is 1. The maximum Gasteiger partial charge on any atom is 0.290 e. The lowest BCUT2D eigenvalue weighted by Gasteiger charge is -1.98. The highest BCUT2D eigenvalue weighted by Crippen LogP contribution is 2.55. The molecule has 1 saturated heterocycles. The van der Waals surface area contributed by atoms with Crippen LogP contribution in [0.1, 0.15) is 23.9 Å². The zero-order valence-electron chi connectivity index (χ0n) is 14.3. The van der Waals surface area contributed by atoms with Crippen LogP contribution in [0.3, 0.4) is 0 Å². The van der Waals surface area contributed by atoms with E-state index in [-0.39, 0.29) is 6.47 Å². The maximum absolute atomic E-state index is 8.36. The SMILES string of the molecule is O=CO.c1ccc2c(c1)c(-c1noc(C3[C@H]4CNC[C@@H]34)n1)c1n2CCC1. The van der Waals surface area contributed by atoms with Crippen molar-refractivity contribution in [2.45, 2.75) is 25.3 Å². The lowest BCUT2D eigenvalue weighted by molar-refractivity contribution is -0.122. The minimum absolute atomic E-state index is 0.250. The molecule has 2 fully saturated rings. The predicted octanol–water partition coefficient (Wildman–Crippen LogP) is 2.27. The number of benzene rings is 1. The average molecular weight is 352 g/mol. The van der Waals surface area contributed by atoms with Crippen LogP contribution in [-0.2, 0) is 17.8 Å². The van der Waals surface area contributed by atoms with Crippen LogP contribution in [0.2, 0.25) is 0 Å². The second-order valence-corrected chi connectivity index (χ2v) is 7.17. The van der Waals surface area contributed by atoms with Crippen LogP contribution >= 0.6 is 0 Å². The summed E-state index contributed by atoms with van der Waals surface area (Å²) in [6.45, 7) is 3.04. The van der Waals surface area contributed by atoms with E-state index in [1.165, 1.54) is 28.6 Å². The zero-order valence-corrected chi connectivity index (χ0v) is 14.3. The van der Waals surface area contributed by atoms with Crippen LogP contribution in [0.5, 0.6) is 0 Å². The third kappa shape index (κ3) is 2.20. The monoisotopic (exact) mass is 352 g/mol. The first-order valence-corrected chi connectivity index (χ1v) is 9.06. The van der Waals surface area contributed by atoms with Gasteiger partial charge in [0.2, 0.25) is 11.7 Å². The molecule has 3 atom stereocenters. The fourth-order valence-corrected chi connectivity index (χ4v) is 4.78.